The summed E-state index contributed by atoms with van der Waals surface area (Å²) >= 11 is 0. The van der Waals surface area contributed by atoms with Crippen LogP contribution in [0, 0.1) is 0 Å². The van der Waals surface area contributed by atoms with E-state index in [4.69, 9.17) is 0 Å². The van der Waals surface area contributed by atoms with Gasteiger partial charge in [0.1, 0.15) is 0 Å². The fourth-order valence-corrected chi connectivity index (χ4v) is 2.00. The molecule has 0 aliphatic carbocycles. The third-order valence-corrected chi connectivity index (χ3v) is 3.03. The monoisotopic (exact) mass is 216 g/mol. The van der Waals surface area contributed by atoms with Crippen molar-refractivity contribution in [3.63, 3.8) is 0 Å². The van der Waals surface area contributed by atoms with Crippen LogP contribution < -0.4 is 5.32 Å². The largest absolute Gasteiger partial charge is 0.394 e. The molecule has 15 heavy (non-hydrogen) atoms. The summed E-state index contributed by atoms with van der Waals surface area (Å²) in [6.07, 6.45) is 2.16. The van der Waals surface area contributed by atoms with Gasteiger partial charge in [-0.25, -0.2) is 0 Å². The Balaban J connectivity index is 4.15. The van der Waals surface area contributed by atoms with E-state index in [1.165, 1.54) is 6.42 Å². The lowest BCUT2D eigenvalue weighted by Gasteiger charge is -2.35. The smallest absolute Gasteiger partial charge is 0.0611 e. The summed E-state index contributed by atoms with van der Waals surface area (Å²) in [6, 6.07) is 0.501. The molecule has 0 amide bonds. The average molecular weight is 216 g/mol. The van der Waals surface area contributed by atoms with Gasteiger partial charge in [-0.1, -0.05) is 13.8 Å². The Morgan fingerprint density at radius 1 is 1.40 bits per heavy atom. The highest BCUT2D eigenvalue weighted by molar-refractivity contribution is 4.86. The Morgan fingerprint density at radius 2 is 2.00 bits per heavy atom. The van der Waals surface area contributed by atoms with E-state index in [1.54, 1.807) is 0 Å². The molecule has 0 saturated carbocycles. The molecule has 0 spiro atoms. The van der Waals surface area contributed by atoms with Gasteiger partial charge in [-0.2, -0.15) is 0 Å². The molecule has 0 saturated heterocycles. The van der Waals surface area contributed by atoms with Gasteiger partial charge >= 0.3 is 0 Å². The molecule has 0 rings (SSSR count). The lowest BCUT2D eigenvalue weighted by atomic mass is 9.94. The van der Waals surface area contributed by atoms with Crippen LogP contribution >= 0.6 is 0 Å². The molecule has 3 heteroatoms. The first-order valence-electron chi connectivity index (χ1n) is 6.05. The van der Waals surface area contributed by atoms with Crippen molar-refractivity contribution in [2.24, 2.45) is 0 Å². The molecule has 2 atom stereocenters. The van der Waals surface area contributed by atoms with Crippen LogP contribution in [0.1, 0.15) is 40.5 Å². The quantitative estimate of drug-likeness (QED) is 0.645. The number of aliphatic hydroxyl groups is 1. The first-order valence-corrected chi connectivity index (χ1v) is 6.05. The van der Waals surface area contributed by atoms with Crippen LogP contribution in [0.3, 0.4) is 0 Å². The molecule has 2 unspecified atom stereocenters. The first kappa shape index (κ1) is 14.9. The molecule has 0 fully saturated rings. The maximum absolute atomic E-state index is 9.40. The number of nitrogens with zero attached hydrogens (tertiary/aromatic N) is 1. The maximum Gasteiger partial charge on any atom is 0.0611 e. The van der Waals surface area contributed by atoms with Gasteiger partial charge in [-0.05, 0) is 46.8 Å². The van der Waals surface area contributed by atoms with E-state index >= 15 is 0 Å². The van der Waals surface area contributed by atoms with E-state index < -0.39 is 0 Å². The molecular formula is C12H28N2O. The van der Waals surface area contributed by atoms with Gasteiger partial charge in [-0.3, -0.25) is 0 Å². The van der Waals surface area contributed by atoms with Crippen LogP contribution in [-0.2, 0) is 0 Å². The fraction of sp³-hybridized carbons (Fsp3) is 1.00. The van der Waals surface area contributed by atoms with Gasteiger partial charge < -0.3 is 15.3 Å². The summed E-state index contributed by atoms with van der Waals surface area (Å²) < 4.78 is 0. The normalized spacial score (nSPS) is 17.8. The summed E-state index contributed by atoms with van der Waals surface area (Å²) in [4.78, 5) is 2.35. The van der Waals surface area contributed by atoms with Crippen molar-refractivity contribution >= 4 is 0 Å². The van der Waals surface area contributed by atoms with Crippen LogP contribution in [0.25, 0.3) is 0 Å². The Labute approximate surface area is 94.9 Å². The number of hydrogen-bond donors (Lipinski definition) is 2. The van der Waals surface area contributed by atoms with Crippen molar-refractivity contribution in [3.05, 3.63) is 0 Å². The van der Waals surface area contributed by atoms with Gasteiger partial charge in [-0.15, -0.1) is 0 Å². The third kappa shape index (κ3) is 5.50. The van der Waals surface area contributed by atoms with Crippen molar-refractivity contribution in [1.82, 2.24) is 10.2 Å². The Hall–Kier alpha value is -0.120. The zero-order valence-electron chi connectivity index (χ0n) is 11.0. The number of aliphatic hydroxyl groups excluding tert-OH is 1. The molecule has 0 aliphatic rings. The standard InChI is InChI=1S/C12H28N2O/c1-6-8-14(5)11(3)9-12(4,10-15)13-7-2/h11,13,15H,6-10H2,1-5H3. The number of likely N-dealkylation sites (N-methyl/N-ethyl adjacent to an activating group) is 1. The second kappa shape index (κ2) is 7.20. The SMILES string of the molecule is CCCN(C)C(C)CC(C)(CO)NCC. The highest BCUT2D eigenvalue weighted by Gasteiger charge is 2.25. The molecule has 0 aromatic heterocycles. The highest BCUT2D eigenvalue weighted by Crippen LogP contribution is 2.15. The van der Waals surface area contributed by atoms with Crippen LogP contribution in [0.2, 0.25) is 0 Å². The van der Waals surface area contributed by atoms with Gasteiger partial charge in [0.15, 0.2) is 0 Å². The van der Waals surface area contributed by atoms with E-state index in [-0.39, 0.29) is 12.1 Å². The van der Waals surface area contributed by atoms with Crippen molar-refractivity contribution in [2.75, 3.05) is 26.7 Å². The van der Waals surface area contributed by atoms with Gasteiger partial charge in [0.25, 0.3) is 0 Å². The summed E-state index contributed by atoms with van der Waals surface area (Å²) in [5.74, 6) is 0. The predicted octanol–water partition coefficient (Wildman–Crippen LogP) is 1.47. The second-order valence-electron chi connectivity index (χ2n) is 4.78. The Morgan fingerprint density at radius 3 is 2.40 bits per heavy atom. The second-order valence-corrected chi connectivity index (χ2v) is 4.78. The Kier molecular flexibility index (Phi) is 7.14. The zero-order valence-corrected chi connectivity index (χ0v) is 11.0. The molecule has 0 heterocycles. The van der Waals surface area contributed by atoms with Gasteiger partial charge in [0, 0.05) is 11.6 Å². The van der Waals surface area contributed by atoms with Crippen molar-refractivity contribution in [1.29, 1.82) is 0 Å². The van der Waals surface area contributed by atoms with Crippen LogP contribution in [0.15, 0.2) is 0 Å². The summed E-state index contributed by atoms with van der Waals surface area (Å²) in [5, 5.41) is 12.8. The van der Waals surface area contributed by atoms with Crippen LogP contribution in [0.5, 0.6) is 0 Å². The minimum atomic E-state index is -0.143. The lowest BCUT2D eigenvalue weighted by molar-refractivity contribution is 0.128. The summed E-state index contributed by atoms with van der Waals surface area (Å²) in [6.45, 7) is 10.8. The number of nitrogens with one attached hydrogen (secondary N) is 1. The molecule has 3 nitrogen and oxygen atoms in total. The van der Waals surface area contributed by atoms with Gasteiger partial charge in [0.05, 0.1) is 6.61 Å². The molecule has 0 aromatic carbocycles. The predicted molar refractivity (Wildman–Crippen MR) is 66.2 cm³/mol. The molecule has 0 radical (unpaired) electrons. The van der Waals surface area contributed by atoms with E-state index in [1.807, 2.05) is 0 Å². The maximum atomic E-state index is 9.40. The Bertz CT molecular complexity index is 164. The van der Waals surface area contributed by atoms with E-state index in [0.717, 1.165) is 19.5 Å². The minimum Gasteiger partial charge on any atom is -0.394 e. The first-order chi connectivity index (χ1) is 6.99. The molecule has 2 N–H and O–H groups in total. The summed E-state index contributed by atoms with van der Waals surface area (Å²) in [5.41, 5.74) is -0.143. The van der Waals surface area contributed by atoms with Crippen molar-refractivity contribution < 1.29 is 5.11 Å². The third-order valence-electron chi connectivity index (χ3n) is 3.03. The highest BCUT2D eigenvalue weighted by atomic mass is 16.3. The molecular weight excluding hydrogens is 188 g/mol. The number of hydrogen-bond acceptors (Lipinski definition) is 3. The minimum absolute atomic E-state index is 0.143. The van der Waals surface area contributed by atoms with E-state index in [2.05, 4.69) is 45.0 Å². The molecule has 0 aliphatic heterocycles. The zero-order chi connectivity index (χ0) is 11.9. The van der Waals surface area contributed by atoms with E-state index in [0.29, 0.717) is 6.04 Å². The van der Waals surface area contributed by atoms with E-state index in [9.17, 15) is 5.11 Å². The van der Waals surface area contributed by atoms with Crippen LogP contribution in [0.4, 0.5) is 0 Å². The van der Waals surface area contributed by atoms with Crippen molar-refractivity contribution in [2.45, 2.75) is 52.1 Å². The van der Waals surface area contributed by atoms with Gasteiger partial charge in [0.2, 0.25) is 0 Å². The fourth-order valence-electron chi connectivity index (χ4n) is 2.00. The summed E-state index contributed by atoms with van der Waals surface area (Å²) in [7, 11) is 2.15. The lowest BCUT2D eigenvalue weighted by Crippen LogP contribution is -2.50. The average Bonchev–Trinajstić information content (AvgIpc) is 2.18. The molecule has 92 valence electrons. The van der Waals surface area contributed by atoms with Crippen LogP contribution in [-0.4, -0.2) is 48.3 Å². The molecule has 0 aromatic rings. The number of rotatable bonds is 8. The molecule has 0 bridgehead atoms. The topological polar surface area (TPSA) is 35.5 Å². The van der Waals surface area contributed by atoms with Crippen molar-refractivity contribution in [3.8, 4) is 0 Å².